The quantitative estimate of drug-likeness (QED) is 0.585. The van der Waals surface area contributed by atoms with Crippen LogP contribution >= 0.6 is 22.6 Å². The van der Waals surface area contributed by atoms with E-state index in [1.165, 1.54) is 12.3 Å². The van der Waals surface area contributed by atoms with Crippen LogP contribution in [0.25, 0.3) is 0 Å². The lowest BCUT2D eigenvalue weighted by Crippen LogP contribution is -2.17. The maximum absolute atomic E-state index is 11.6. The third-order valence-corrected chi connectivity index (χ3v) is 1.52. The predicted octanol–water partition coefficient (Wildman–Crippen LogP) is 2.58. The second kappa shape index (κ2) is 3.46. The topological polar surface area (TPSA) is 22.1 Å². The first-order valence-electron chi connectivity index (χ1n) is 2.85. The van der Waals surface area contributed by atoms with E-state index in [1.807, 2.05) is 0 Å². The molecule has 0 aliphatic rings. The molecule has 0 amide bonds. The van der Waals surface area contributed by atoms with Crippen molar-refractivity contribution >= 4 is 22.6 Å². The fraction of sp³-hybridized carbons (Fsp3) is 0.167. The van der Waals surface area contributed by atoms with Crippen molar-refractivity contribution in [3.8, 4) is 5.75 Å². The van der Waals surface area contributed by atoms with Gasteiger partial charge in [-0.2, -0.15) is 0 Å². The van der Waals surface area contributed by atoms with Crippen LogP contribution in [-0.2, 0) is 0 Å². The van der Waals surface area contributed by atoms with Gasteiger partial charge in [-0.1, -0.05) is 0 Å². The van der Waals surface area contributed by atoms with E-state index in [0.29, 0.717) is 3.70 Å². The van der Waals surface area contributed by atoms with E-state index in [-0.39, 0.29) is 5.75 Å². The van der Waals surface area contributed by atoms with E-state index in [2.05, 4.69) is 9.72 Å². The minimum Gasteiger partial charge on any atom is -0.406 e. The van der Waals surface area contributed by atoms with E-state index >= 15 is 0 Å². The lowest BCUT2D eigenvalue weighted by Gasteiger charge is -2.07. The molecule has 1 aromatic rings. The molecular weight excluding hydrogens is 286 g/mol. The smallest absolute Gasteiger partial charge is 0.406 e. The molecule has 12 heavy (non-hydrogen) atoms. The molecular formula is C6H3F3INO. The van der Waals surface area contributed by atoms with Gasteiger partial charge in [0.2, 0.25) is 0 Å². The molecule has 1 rings (SSSR count). The zero-order valence-electron chi connectivity index (χ0n) is 5.60. The number of pyridine rings is 1. The van der Waals surface area contributed by atoms with Crippen LogP contribution in [0.2, 0.25) is 0 Å². The summed E-state index contributed by atoms with van der Waals surface area (Å²) in [5.41, 5.74) is 0. The molecule has 0 unspecified atom stereocenters. The standard InChI is InChI=1S/C6H3F3INO/c7-6(8,9)12-4-1-2-11-5(10)3-4/h1-3H. The van der Waals surface area contributed by atoms with Crippen molar-refractivity contribution in [2.75, 3.05) is 0 Å². The zero-order valence-corrected chi connectivity index (χ0v) is 7.76. The van der Waals surface area contributed by atoms with Crippen molar-refractivity contribution in [3.63, 3.8) is 0 Å². The second-order valence-electron chi connectivity index (χ2n) is 1.86. The van der Waals surface area contributed by atoms with Crippen LogP contribution in [0, 0.1) is 3.70 Å². The van der Waals surface area contributed by atoms with Gasteiger partial charge < -0.3 is 4.74 Å². The molecule has 1 aromatic heterocycles. The highest BCUT2D eigenvalue weighted by molar-refractivity contribution is 14.1. The maximum atomic E-state index is 11.6. The first kappa shape index (κ1) is 9.56. The van der Waals surface area contributed by atoms with Crippen molar-refractivity contribution in [1.29, 1.82) is 0 Å². The molecule has 0 atom stereocenters. The van der Waals surface area contributed by atoms with Crippen LogP contribution in [0.4, 0.5) is 13.2 Å². The highest BCUT2D eigenvalue weighted by atomic mass is 127. The Hall–Kier alpha value is -0.530. The van der Waals surface area contributed by atoms with Gasteiger partial charge in [0.15, 0.2) is 0 Å². The van der Waals surface area contributed by atoms with Gasteiger partial charge in [-0.05, 0) is 28.7 Å². The monoisotopic (exact) mass is 289 g/mol. The Labute approximate surface area is 79.9 Å². The maximum Gasteiger partial charge on any atom is 0.573 e. The van der Waals surface area contributed by atoms with Crippen LogP contribution in [-0.4, -0.2) is 11.3 Å². The van der Waals surface area contributed by atoms with Gasteiger partial charge in [0, 0.05) is 12.3 Å². The summed E-state index contributed by atoms with van der Waals surface area (Å²) in [5.74, 6) is -0.248. The predicted molar refractivity (Wildman–Crippen MR) is 43.6 cm³/mol. The molecule has 2 nitrogen and oxygen atoms in total. The molecule has 1 heterocycles. The summed E-state index contributed by atoms with van der Waals surface area (Å²) < 4.78 is 39.0. The summed E-state index contributed by atoms with van der Waals surface area (Å²) in [4.78, 5) is 3.71. The molecule has 0 aliphatic heterocycles. The molecule has 0 saturated carbocycles. The Morgan fingerprint density at radius 1 is 1.42 bits per heavy atom. The zero-order chi connectivity index (χ0) is 9.19. The summed E-state index contributed by atoms with van der Waals surface area (Å²) in [6.45, 7) is 0. The minimum absolute atomic E-state index is 0.248. The number of hydrogen-bond acceptors (Lipinski definition) is 2. The third kappa shape index (κ3) is 3.24. The molecule has 0 radical (unpaired) electrons. The van der Waals surface area contributed by atoms with Gasteiger partial charge in [-0.3, -0.25) is 4.98 Å². The number of aromatic nitrogens is 1. The molecule has 66 valence electrons. The molecule has 0 bridgehead atoms. The minimum atomic E-state index is -4.63. The SMILES string of the molecule is FC(F)(F)Oc1ccnc(I)c1. The van der Waals surface area contributed by atoms with Crippen LogP contribution in [0.5, 0.6) is 5.75 Å². The molecule has 6 heteroatoms. The van der Waals surface area contributed by atoms with Crippen LogP contribution in [0.1, 0.15) is 0 Å². The van der Waals surface area contributed by atoms with Gasteiger partial charge in [0.25, 0.3) is 0 Å². The summed E-state index contributed by atoms with van der Waals surface area (Å²) >= 11 is 1.80. The fourth-order valence-electron chi connectivity index (χ4n) is 0.582. The summed E-state index contributed by atoms with van der Waals surface area (Å²) in [7, 11) is 0. The average Bonchev–Trinajstić information content (AvgIpc) is 1.82. The highest BCUT2D eigenvalue weighted by Crippen LogP contribution is 2.22. The molecule has 0 aliphatic carbocycles. The largest absolute Gasteiger partial charge is 0.573 e. The fourth-order valence-corrected chi connectivity index (χ4v) is 1.05. The van der Waals surface area contributed by atoms with E-state index in [1.54, 1.807) is 22.6 Å². The number of hydrogen-bond donors (Lipinski definition) is 0. The van der Waals surface area contributed by atoms with Gasteiger partial charge >= 0.3 is 6.36 Å². The van der Waals surface area contributed by atoms with Gasteiger partial charge in [0.1, 0.15) is 9.45 Å². The second-order valence-corrected chi connectivity index (χ2v) is 2.97. The summed E-state index contributed by atoms with van der Waals surface area (Å²) in [5, 5.41) is 0. The Morgan fingerprint density at radius 2 is 2.08 bits per heavy atom. The Balaban J connectivity index is 2.77. The number of rotatable bonds is 1. The van der Waals surface area contributed by atoms with Crippen molar-refractivity contribution in [2.24, 2.45) is 0 Å². The van der Waals surface area contributed by atoms with E-state index in [4.69, 9.17) is 0 Å². The lowest BCUT2D eigenvalue weighted by atomic mass is 10.5. The molecule has 0 saturated heterocycles. The normalized spacial score (nSPS) is 11.3. The molecule has 0 aromatic carbocycles. The Kier molecular flexibility index (Phi) is 2.76. The van der Waals surface area contributed by atoms with Crippen molar-refractivity contribution in [2.45, 2.75) is 6.36 Å². The van der Waals surface area contributed by atoms with Crippen LogP contribution in [0.3, 0.4) is 0 Å². The van der Waals surface area contributed by atoms with Crippen molar-refractivity contribution in [3.05, 3.63) is 22.0 Å². The van der Waals surface area contributed by atoms with Crippen molar-refractivity contribution in [1.82, 2.24) is 4.98 Å². The van der Waals surface area contributed by atoms with Crippen LogP contribution in [0.15, 0.2) is 18.3 Å². The highest BCUT2D eigenvalue weighted by Gasteiger charge is 2.31. The first-order valence-corrected chi connectivity index (χ1v) is 3.92. The number of halogens is 4. The summed E-state index contributed by atoms with van der Waals surface area (Å²) in [6.07, 6.45) is -3.38. The van der Waals surface area contributed by atoms with E-state index in [0.717, 1.165) is 6.07 Å². The van der Waals surface area contributed by atoms with E-state index in [9.17, 15) is 13.2 Å². The molecule has 0 spiro atoms. The number of nitrogens with zero attached hydrogens (tertiary/aromatic N) is 1. The van der Waals surface area contributed by atoms with E-state index < -0.39 is 6.36 Å². The third-order valence-electron chi connectivity index (χ3n) is 0.932. The number of ether oxygens (including phenoxy) is 1. The Bertz CT molecular complexity index is 276. The lowest BCUT2D eigenvalue weighted by molar-refractivity contribution is -0.274. The van der Waals surface area contributed by atoms with Crippen molar-refractivity contribution < 1.29 is 17.9 Å². The molecule has 0 fully saturated rings. The number of alkyl halides is 3. The van der Waals surface area contributed by atoms with Crippen LogP contribution < -0.4 is 4.74 Å². The Morgan fingerprint density at radius 3 is 2.58 bits per heavy atom. The summed E-state index contributed by atoms with van der Waals surface area (Å²) in [6, 6.07) is 2.35. The van der Waals surface area contributed by atoms with Gasteiger partial charge in [-0.15, -0.1) is 13.2 Å². The van der Waals surface area contributed by atoms with Gasteiger partial charge in [-0.25, -0.2) is 0 Å². The van der Waals surface area contributed by atoms with Gasteiger partial charge in [0.05, 0.1) is 0 Å². The average molecular weight is 289 g/mol. The molecule has 0 N–H and O–H groups in total. The first-order chi connectivity index (χ1) is 5.47.